The van der Waals surface area contributed by atoms with E-state index in [0.717, 1.165) is 4.88 Å². The Morgan fingerprint density at radius 2 is 2.35 bits per heavy atom. The Labute approximate surface area is 110 Å². The van der Waals surface area contributed by atoms with Crippen LogP contribution in [0.2, 0.25) is 4.34 Å². The molecule has 0 radical (unpaired) electrons. The molecule has 2 N–H and O–H groups in total. The number of amides is 1. The van der Waals surface area contributed by atoms with Gasteiger partial charge in [-0.15, -0.1) is 11.3 Å². The smallest absolute Gasteiger partial charge is 0.228 e. The highest BCUT2D eigenvalue weighted by Crippen LogP contribution is 2.27. The van der Waals surface area contributed by atoms with Crippen LogP contribution >= 0.6 is 22.9 Å². The molecule has 0 saturated carbocycles. The van der Waals surface area contributed by atoms with Crippen LogP contribution in [0.3, 0.4) is 0 Å². The van der Waals surface area contributed by atoms with Gasteiger partial charge in [-0.3, -0.25) is 4.79 Å². The summed E-state index contributed by atoms with van der Waals surface area (Å²) in [6.45, 7) is 2.20. The summed E-state index contributed by atoms with van der Waals surface area (Å²) in [6, 6.07) is 3.61. The topological polar surface area (TPSA) is 58.6 Å². The van der Waals surface area contributed by atoms with Gasteiger partial charge in [0.15, 0.2) is 0 Å². The number of hydrogen-bond acceptors (Lipinski definition) is 4. The number of thiophene rings is 1. The highest BCUT2D eigenvalue weighted by molar-refractivity contribution is 7.16. The first-order valence-corrected chi connectivity index (χ1v) is 6.44. The lowest BCUT2D eigenvalue weighted by Crippen LogP contribution is -2.36. The Balaban J connectivity index is 2.42. The molecule has 96 valence electrons. The van der Waals surface area contributed by atoms with Crippen molar-refractivity contribution in [2.75, 3.05) is 20.3 Å². The zero-order valence-corrected chi connectivity index (χ0v) is 11.3. The summed E-state index contributed by atoms with van der Waals surface area (Å²) in [4.78, 5) is 12.7. The van der Waals surface area contributed by atoms with Crippen molar-refractivity contribution in [3.8, 4) is 0 Å². The Morgan fingerprint density at radius 1 is 1.65 bits per heavy atom. The van der Waals surface area contributed by atoms with Gasteiger partial charge in [0.05, 0.1) is 23.0 Å². The van der Waals surface area contributed by atoms with E-state index in [1.807, 2.05) is 6.07 Å². The maximum absolute atomic E-state index is 11.8. The normalized spacial score (nSPS) is 14.4. The van der Waals surface area contributed by atoms with Gasteiger partial charge >= 0.3 is 0 Å². The maximum Gasteiger partial charge on any atom is 0.228 e. The molecule has 0 aliphatic heterocycles. The summed E-state index contributed by atoms with van der Waals surface area (Å²) < 4.78 is 5.43. The molecule has 0 saturated heterocycles. The summed E-state index contributed by atoms with van der Waals surface area (Å²) in [5.41, 5.74) is 0. The number of ether oxygens (including phenoxy) is 1. The van der Waals surface area contributed by atoms with Crippen molar-refractivity contribution in [3.05, 3.63) is 21.3 Å². The fourth-order valence-electron chi connectivity index (χ4n) is 1.31. The molecule has 17 heavy (non-hydrogen) atoms. The van der Waals surface area contributed by atoms with Crippen molar-refractivity contribution in [1.82, 2.24) is 5.32 Å². The zero-order valence-electron chi connectivity index (χ0n) is 9.77. The Bertz CT molecular complexity index is 369. The molecule has 0 spiro atoms. The maximum atomic E-state index is 11.8. The van der Waals surface area contributed by atoms with E-state index in [2.05, 4.69) is 5.32 Å². The first kappa shape index (κ1) is 14.4. The first-order chi connectivity index (χ1) is 8.04. The van der Waals surface area contributed by atoms with E-state index >= 15 is 0 Å². The van der Waals surface area contributed by atoms with Gasteiger partial charge in [-0.25, -0.2) is 0 Å². The molecular weight excluding hydrogens is 262 g/mol. The van der Waals surface area contributed by atoms with Gasteiger partial charge in [-0.1, -0.05) is 11.6 Å². The number of carbonyl (C=O) groups excluding carboxylic acids is 1. The summed E-state index contributed by atoms with van der Waals surface area (Å²) in [7, 11) is 1.50. The predicted molar refractivity (Wildman–Crippen MR) is 68.6 cm³/mol. The second-order valence-corrected chi connectivity index (χ2v) is 5.46. The van der Waals surface area contributed by atoms with Gasteiger partial charge in [-0.2, -0.15) is 0 Å². The third-order valence-corrected chi connectivity index (χ3v) is 3.70. The molecule has 4 nitrogen and oxygen atoms in total. The molecule has 1 amide bonds. The molecule has 0 fully saturated rings. The van der Waals surface area contributed by atoms with E-state index < -0.39 is 6.10 Å². The minimum atomic E-state index is -0.678. The molecular formula is C11H16ClNO3S. The number of rotatable bonds is 6. The minimum absolute atomic E-state index is 0.126. The second kappa shape index (κ2) is 6.96. The van der Waals surface area contributed by atoms with Crippen LogP contribution in [0.25, 0.3) is 0 Å². The average molecular weight is 278 g/mol. The predicted octanol–water partition coefficient (Wildman–Crippen LogP) is 1.63. The molecule has 1 heterocycles. The number of methoxy groups -OCH3 is 1. The van der Waals surface area contributed by atoms with E-state index in [4.69, 9.17) is 16.3 Å². The summed E-state index contributed by atoms with van der Waals surface area (Å²) >= 11 is 7.19. The molecule has 0 aliphatic carbocycles. The number of aliphatic hydroxyl groups is 1. The van der Waals surface area contributed by atoms with Crippen molar-refractivity contribution in [1.29, 1.82) is 0 Å². The van der Waals surface area contributed by atoms with Crippen LogP contribution in [0, 0.1) is 0 Å². The Morgan fingerprint density at radius 3 is 2.88 bits per heavy atom. The van der Waals surface area contributed by atoms with E-state index in [1.165, 1.54) is 18.4 Å². The Hall–Kier alpha value is -0.620. The molecule has 0 bridgehead atoms. The number of hydrogen-bond donors (Lipinski definition) is 2. The fraction of sp³-hybridized carbons (Fsp3) is 0.545. The monoisotopic (exact) mass is 277 g/mol. The van der Waals surface area contributed by atoms with E-state index in [0.29, 0.717) is 4.34 Å². The lowest BCUT2D eigenvalue weighted by molar-refractivity contribution is -0.122. The van der Waals surface area contributed by atoms with Crippen LogP contribution in [-0.2, 0) is 9.53 Å². The van der Waals surface area contributed by atoms with Crippen LogP contribution in [0.5, 0.6) is 0 Å². The van der Waals surface area contributed by atoms with Crippen LogP contribution in [0.15, 0.2) is 12.1 Å². The number of halogens is 1. The molecule has 1 aromatic heterocycles. The quantitative estimate of drug-likeness (QED) is 0.831. The second-order valence-electron chi connectivity index (χ2n) is 3.72. The van der Waals surface area contributed by atoms with Crippen LogP contribution in [0.1, 0.15) is 17.7 Å². The number of carbonyl (C=O) groups is 1. The average Bonchev–Trinajstić information content (AvgIpc) is 2.72. The summed E-state index contributed by atoms with van der Waals surface area (Å²) in [5, 5.41) is 12.1. The van der Waals surface area contributed by atoms with Gasteiger partial charge in [0.25, 0.3) is 0 Å². The highest BCUT2D eigenvalue weighted by atomic mass is 35.5. The van der Waals surface area contributed by atoms with Crippen LogP contribution < -0.4 is 5.32 Å². The summed E-state index contributed by atoms with van der Waals surface area (Å²) in [5.74, 6) is -0.388. The standard InChI is InChI=1S/C11H16ClNO3S/c1-7(9-3-4-10(12)17-9)11(15)13-5-8(14)6-16-2/h3-4,7-8,14H,5-6H2,1-2H3,(H,13,15)/t7-,8+/m0/s1. The van der Waals surface area contributed by atoms with Crippen molar-refractivity contribution in [2.24, 2.45) is 0 Å². The zero-order chi connectivity index (χ0) is 12.8. The lowest BCUT2D eigenvalue weighted by atomic mass is 10.1. The minimum Gasteiger partial charge on any atom is -0.389 e. The van der Waals surface area contributed by atoms with Gasteiger partial charge in [0, 0.05) is 18.5 Å². The van der Waals surface area contributed by atoms with E-state index in [1.54, 1.807) is 13.0 Å². The molecule has 0 unspecified atom stereocenters. The van der Waals surface area contributed by atoms with Gasteiger partial charge in [-0.05, 0) is 19.1 Å². The fourth-order valence-corrected chi connectivity index (χ4v) is 2.42. The lowest BCUT2D eigenvalue weighted by Gasteiger charge is -2.13. The van der Waals surface area contributed by atoms with E-state index in [-0.39, 0.29) is 25.0 Å². The van der Waals surface area contributed by atoms with Crippen molar-refractivity contribution < 1.29 is 14.6 Å². The molecule has 0 aliphatic rings. The van der Waals surface area contributed by atoms with E-state index in [9.17, 15) is 9.90 Å². The highest BCUT2D eigenvalue weighted by Gasteiger charge is 2.17. The molecule has 6 heteroatoms. The van der Waals surface area contributed by atoms with Crippen molar-refractivity contribution in [2.45, 2.75) is 18.9 Å². The molecule has 1 rings (SSSR count). The number of nitrogens with one attached hydrogen (secondary N) is 1. The van der Waals surface area contributed by atoms with Gasteiger partial charge < -0.3 is 15.2 Å². The molecule has 2 atom stereocenters. The third kappa shape index (κ3) is 4.63. The van der Waals surface area contributed by atoms with Crippen molar-refractivity contribution in [3.63, 3.8) is 0 Å². The Kier molecular flexibility index (Phi) is 5.91. The van der Waals surface area contributed by atoms with Crippen molar-refractivity contribution >= 4 is 28.8 Å². The number of aliphatic hydroxyl groups excluding tert-OH is 1. The van der Waals surface area contributed by atoms with Crippen LogP contribution in [-0.4, -0.2) is 37.4 Å². The third-order valence-electron chi connectivity index (χ3n) is 2.29. The summed E-state index contributed by atoms with van der Waals surface area (Å²) in [6.07, 6.45) is -0.678. The van der Waals surface area contributed by atoms with Gasteiger partial charge in [0.1, 0.15) is 0 Å². The first-order valence-electron chi connectivity index (χ1n) is 5.24. The molecule has 0 aromatic carbocycles. The SMILES string of the molecule is COC[C@H](O)CNC(=O)[C@@H](C)c1ccc(Cl)s1. The van der Waals surface area contributed by atoms with Gasteiger partial charge in [0.2, 0.25) is 5.91 Å². The van der Waals surface area contributed by atoms with Crippen LogP contribution in [0.4, 0.5) is 0 Å². The largest absolute Gasteiger partial charge is 0.389 e. The molecule has 1 aromatic rings.